The van der Waals surface area contributed by atoms with E-state index in [4.69, 9.17) is 0 Å². The average Bonchev–Trinajstić information content (AvgIpc) is 3.16. The van der Waals surface area contributed by atoms with E-state index in [0.29, 0.717) is 17.5 Å². The van der Waals surface area contributed by atoms with E-state index in [1.165, 1.54) is 23.7 Å². The lowest BCUT2D eigenvalue weighted by molar-refractivity contribution is 0.245. The molecule has 112 valence electrons. The van der Waals surface area contributed by atoms with Crippen LogP contribution in [0.25, 0.3) is 0 Å². The van der Waals surface area contributed by atoms with Gasteiger partial charge in [-0.1, -0.05) is 6.42 Å². The van der Waals surface area contributed by atoms with Gasteiger partial charge in [-0.15, -0.1) is 0 Å². The van der Waals surface area contributed by atoms with Crippen molar-refractivity contribution in [2.24, 2.45) is 7.05 Å². The van der Waals surface area contributed by atoms with Crippen molar-refractivity contribution >= 4 is 10.0 Å². The normalized spacial score (nSPS) is 24.9. The van der Waals surface area contributed by atoms with Crippen molar-refractivity contribution < 1.29 is 8.42 Å². The fourth-order valence-corrected chi connectivity index (χ4v) is 4.43. The molecule has 6 nitrogen and oxygen atoms in total. The highest BCUT2D eigenvalue weighted by molar-refractivity contribution is 7.89. The maximum atomic E-state index is 12.7. The molecular formula is C13H22N4O2S. The highest BCUT2D eigenvalue weighted by Crippen LogP contribution is 2.26. The SMILES string of the molecule is Cn1cc(S(=O)(=O)N2CCCCC2CNC2CC2)cn1. The van der Waals surface area contributed by atoms with Gasteiger partial charge in [-0.2, -0.15) is 9.40 Å². The maximum Gasteiger partial charge on any atom is 0.246 e. The van der Waals surface area contributed by atoms with Gasteiger partial charge in [0.1, 0.15) is 4.90 Å². The third-order valence-corrected chi connectivity index (χ3v) is 5.99. The first-order valence-electron chi connectivity index (χ1n) is 7.31. The zero-order valence-corrected chi connectivity index (χ0v) is 12.6. The predicted octanol–water partition coefficient (Wildman–Crippen LogP) is 0.715. The summed E-state index contributed by atoms with van der Waals surface area (Å²) in [6, 6.07) is 0.689. The van der Waals surface area contributed by atoms with Gasteiger partial charge >= 0.3 is 0 Å². The Kier molecular flexibility index (Phi) is 3.83. The number of hydrogen-bond donors (Lipinski definition) is 1. The second kappa shape index (κ2) is 5.46. The van der Waals surface area contributed by atoms with Gasteiger partial charge in [0.05, 0.1) is 6.20 Å². The van der Waals surface area contributed by atoms with Crippen molar-refractivity contribution in [1.29, 1.82) is 0 Å². The summed E-state index contributed by atoms with van der Waals surface area (Å²) in [5, 5.41) is 7.44. The molecule has 2 aliphatic rings. The van der Waals surface area contributed by atoms with E-state index < -0.39 is 10.0 Å². The summed E-state index contributed by atoms with van der Waals surface area (Å²) in [6.45, 7) is 1.39. The summed E-state index contributed by atoms with van der Waals surface area (Å²) >= 11 is 0. The van der Waals surface area contributed by atoms with Gasteiger partial charge in [-0.05, 0) is 25.7 Å². The molecule has 1 aliphatic carbocycles. The van der Waals surface area contributed by atoms with Crippen molar-refractivity contribution in [3.8, 4) is 0 Å². The zero-order valence-electron chi connectivity index (χ0n) is 11.8. The standard InChI is InChI=1S/C13H22N4O2S/c1-16-10-13(9-15-16)20(18,19)17-7-3-2-4-12(17)8-14-11-5-6-11/h9-12,14H,2-8H2,1H3. The largest absolute Gasteiger partial charge is 0.312 e. The molecule has 0 aromatic carbocycles. The first-order valence-corrected chi connectivity index (χ1v) is 8.75. The van der Waals surface area contributed by atoms with E-state index in [-0.39, 0.29) is 6.04 Å². The van der Waals surface area contributed by atoms with Crippen LogP contribution in [-0.2, 0) is 17.1 Å². The molecule has 7 heteroatoms. The Balaban J connectivity index is 1.77. The Morgan fingerprint density at radius 1 is 1.35 bits per heavy atom. The van der Waals surface area contributed by atoms with Crippen LogP contribution in [-0.4, -0.2) is 47.7 Å². The number of aromatic nitrogens is 2. The summed E-state index contributed by atoms with van der Waals surface area (Å²) in [4.78, 5) is 0.304. The predicted molar refractivity (Wildman–Crippen MR) is 75.8 cm³/mol. The smallest absolute Gasteiger partial charge is 0.246 e. The quantitative estimate of drug-likeness (QED) is 0.869. The lowest BCUT2D eigenvalue weighted by Crippen LogP contribution is -2.48. The third-order valence-electron chi connectivity index (χ3n) is 4.08. The maximum absolute atomic E-state index is 12.7. The van der Waals surface area contributed by atoms with Crippen LogP contribution < -0.4 is 5.32 Å². The van der Waals surface area contributed by atoms with Crippen molar-refractivity contribution in [3.05, 3.63) is 12.4 Å². The fraction of sp³-hybridized carbons (Fsp3) is 0.769. The van der Waals surface area contributed by atoms with E-state index in [1.54, 1.807) is 17.5 Å². The number of piperidine rings is 1. The van der Waals surface area contributed by atoms with E-state index in [0.717, 1.165) is 25.8 Å². The monoisotopic (exact) mass is 298 g/mol. The summed E-state index contributed by atoms with van der Waals surface area (Å²) in [7, 11) is -1.67. The molecule has 0 bridgehead atoms. The minimum atomic E-state index is -3.41. The van der Waals surface area contributed by atoms with Crippen LogP contribution in [0.5, 0.6) is 0 Å². The summed E-state index contributed by atoms with van der Waals surface area (Å²) in [5.41, 5.74) is 0. The number of aryl methyl sites for hydroxylation is 1. The van der Waals surface area contributed by atoms with Gasteiger partial charge in [0.15, 0.2) is 0 Å². The molecule has 20 heavy (non-hydrogen) atoms. The molecule has 1 aliphatic heterocycles. The molecule has 0 radical (unpaired) electrons. The Morgan fingerprint density at radius 3 is 2.80 bits per heavy atom. The molecule has 0 spiro atoms. The van der Waals surface area contributed by atoms with Crippen LogP contribution in [0.1, 0.15) is 32.1 Å². The number of nitrogens with one attached hydrogen (secondary N) is 1. The number of hydrogen-bond acceptors (Lipinski definition) is 4. The van der Waals surface area contributed by atoms with Gasteiger partial charge in [0, 0.05) is 38.4 Å². The van der Waals surface area contributed by atoms with Crippen molar-refractivity contribution in [3.63, 3.8) is 0 Å². The lowest BCUT2D eigenvalue weighted by atomic mass is 10.1. The first-order chi connectivity index (χ1) is 9.57. The molecule has 1 atom stereocenters. The molecule has 1 saturated carbocycles. The Hall–Kier alpha value is -0.920. The lowest BCUT2D eigenvalue weighted by Gasteiger charge is -2.34. The van der Waals surface area contributed by atoms with Crippen LogP contribution in [0, 0.1) is 0 Å². The molecule has 1 aromatic heterocycles. The van der Waals surface area contributed by atoms with E-state index in [9.17, 15) is 8.42 Å². The zero-order chi connectivity index (χ0) is 14.2. The first kappa shape index (κ1) is 14.0. The second-order valence-electron chi connectivity index (χ2n) is 5.80. The highest BCUT2D eigenvalue weighted by atomic mass is 32.2. The van der Waals surface area contributed by atoms with Gasteiger partial charge in [-0.3, -0.25) is 4.68 Å². The molecule has 3 rings (SSSR count). The Morgan fingerprint density at radius 2 is 2.15 bits per heavy atom. The molecule has 1 N–H and O–H groups in total. The highest BCUT2D eigenvalue weighted by Gasteiger charge is 2.35. The molecule has 2 heterocycles. The van der Waals surface area contributed by atoms with Gasteiger partial charge < -0.3 is 5.32 Å². The van der Waals surface area contributed by atoms with Crippen LogP contribution >= 0.6 is 0 Å². The van der Waals surface area contributed by atoms with Gasteiger partial charge in [0.2, 0.25) is 10.0 Å². The molecule has 1 saturated heterocycles. The van der Waals surface area contributed by atoms with Crippen LogP contribution in [0.2, 0.25) is 0 Å². The number of nitrogens with zero attached hydrogens (tertiary/aromatic N) is 3. The third kappa shape index (κ3) is 2.89. The van der Waals surface area contributed by atoms with Gasteiger partial charge in [-0.25, -0.2) is 8.42 Å². The molecule has 2 fully saturated rings. The van der Waals surface area contributed by atoms with Crippen LogP contribution in [0.3, 0.4) is 0 Å². The van der Waals surface area contributed by atoms with E-state index in [2.05, 4.69) is 10.4 Å². The molecule has 1 aromatic rings. The summed E-state index contributed by atoms with van der Waals surface area (Å²) in [6.07, 6.45) is 8.46. The summed E-state index contributed by atoms with van der Waals surface area (Å²) in [5.74, 6) is 0. The Bertz CT molecular complexity index is 565. The number of rotatable bonds is 5. The van der Waals surface area contributed by atoms with E-state index in [1.807, 2.05) is 0 Å². The molecular weight excluding hydrogens is 276 g/mol. The molecule has 0 amide bonds. The fourth-order valence-electron chi connectivity index (χ4n) is 2.75. The van der Waals surface area contributed by atoms with Crippen molar-refractivity contribution in [2.75, 3.05) is 13.1 Å². The van der Waals surface area contributed by atoms with Crippen LogP contribution in [0.15, 0.2) is 17.3 Å². The molecule has 1 unspecified atom stereocenters. The topological polar surface area (TPSA) is 67.2 Å². The minimum absolute atomic E-state index is 0.0783. The minimum Gasteiger partial charge on any atom is -0.312 e. The van der Waals surface area contributed by atoms with Gasteiger partial charge in [0.25, 0.3) is 0 Å². The average molecular weight is 298 g/mol. The van der Waals surface area contributed by atoms with Crippen molar-refractivity contribution in [2.45, 2.75) is 49.1 Å². The van der Waals surface area contributed by atoms with E-state index >= 15 is 0 Å². The second-order valence-corrected chi connectivity index (χ2v) is 7.69. The van der Waals surface area contributed by atoms with Crippen molar-refractivity contribution in [1.82, 2.24) is 19.4 Å². The summed E-state index contributed by atoms with van der Waals surface area (Å²) < 4.78 is 28.6. The van der Waals surface area contributed by atoms with Crippen LogP contribution in [0.4, 0.5) is 0 Å². The number of sulfonamides is 1. The Labute approximate surface area is 120 Å².